The minimum atomic E-state index is -2.45. The number of rotatable bonds is 4. The van der Waals surface area contributed by atoms with E-state index in [2.05, 4.69) is 20.8 Å². The lowest BCUT2D eigenvalue weighted by Crippen LogP contribution is -2.19. The minimum absolute atomic E-state index is 0.391. The molecule has 2 aromatic rings. The number of hydrogen-bond acceptors (Lipinski definition) is 4. The summed E-state index contributed by atoms with van der Waals surface area (Å²) < 4.78 is 27.6. The minimum Gasteiger partial charge on any atom is -0.325 e. The Morgan fingerprint density at radius 3 is 3.00 bits per heavy atom. The smallest absolute Gasteiger partial charge is 0.256 e. The van der Waals surface area contributed by atoms with Crippen LogP contribution < -0.4 is 10.9 Å². The number of pyridine rings is 1. The van der Waals surface area contributed by atoms with Gasteiger partial charge in [0.25, 0.3) is 6.43 Å². The summed E-state index contributed by atoms with van der Waals surface area (Å²) in [5.41, 5.74) is 11.8. The molecule has 25 heavy (non-hydrogen) atoms. The number of fused-ring (bicyclic) bond motifs is 1. The largest absolute Gasteiger partial charge is 0.325 e. The van der Waals surface area contributed by atoms with E-state index in [1.54, 1.807) is 0 Å². The number of hydrazine groups is 1. The Morgan fingerprint density at radius 1 is 1.32 bits per heavy atom. The van der Waals surface area contributed by atoms with Crippen molar-refractivity contribution in [1.29, 1.82) is 0 Å². The molecule has 3 heterocycles. The van der Waals surface area contributed by atoms with Crippen LogP contribution in [0.2, 0.25) is 0 Å². The Balaban J connectivity index is 1.83. The van der Waals surface area contributed by atoms with E-state index in [0.29, 0.717) is 23.5 Å². The molecule has 2 aromatic heterocycles. The van der Waals surface area contributed by atoms with Crippen LogP contribution in [-0.4, -0.2) is 21.0 Å². The van der Waals surface area contributed by atoms with E-state index >= 15 is 0 Å². The third-order valence-corrected chi connectivity index (χ3v) is 4.21. The zero-order valence-corrected chi connectivity index (χ0v) is 13.6. The number of nitrogens with one attached hydrogen (secondary N) is 2. The van der Waals surface area contributed by atoms with Gasteiger partial charge in [-0.1, -0.05) is 12.1 Å². The summed E-state index contributed by atoms with van der Waals surface area (Å²) in [5, 5.41) is 0. The highest BCUT2D eigenvalue weighted by atomic mass is 19.3. The standard InChI is InChI=1S/C18H17F2N5/c1-11-3-2-4-15(23-11)17-18(25(10-21-17)9-16(19)20)12-5-6-14-13(7-12)8-22-24-14/h2-4,6-8,10,16,22,24H,5,9H2,1H3. The number of halogens is 2. The molecule has 0 spiro atoms. The molecule has 128 valence electrons. The molecule has 4 rings (SSSR count). The van der Waals surface area contributed by atoms with Gasteiger partial charge in [-0.25, -0.2) is 13.8 Å². The Morgan fingerprint density at radius 2 is 2.20 bits per heavy atom. The van der Waals surface area contributed by atoms with E-state index in [9.17, 15) is 8.78 Å². The molecule has 0 amide bonds. The van der Waals surface area contributed by atoms with Crippen LogP contribution in [0.5, 0.6) is 0 Å². The fourth-order valence-electron chi connectivity index (χ4n) is 3.12. The average Bonchev–Trinajstić information content (AvgIpc) is 3.20. The van der Waals surface area contributed by atoms with Gasteiger partial charge in [-0.05, 0) is 37.1 Å². The third kappa shape index (κ3) is 2.93. The molecule has 0 unspecified atom stereocenters. The van der Waals surface area contributed by atoms with Crippen LogP contribution in [0.1, 0.15) is 17.8 Å². The third-order valence-electron chi connectivity index (χ3n) is 4.21. The molecule has 0 atom stereocenters. The summed E-state index contributed by atoms with van der Waals surface area (Å²) in [6, 6.07) is 5.65. The monoisotopic (exact) mass is 341 g/mol. The molecule has 0 fully saturated rings. The molecule has 0 bridgehead atoms. The first-order chi connectivity index (χ1) is 12.1. The van der Waals surface area contributed by atoms with E-state index < -0.39 is 13.0 Å². The van der Waals surface area contributed by atoms with Gasteiger partial charge in [0.05, 0.1) is 30.0 Å². The van der Waals surface area contributed by atoms with Crippen molar-refractivity contribution < 1.29 is 8.78 Å². The van der Waals surface area contributed by atoms with Crippen molar-refractivity contribution in [2.45, 2.75) is 26.3 Å². The van der Waals surface area contributed by atoms with E-state index in [1.165, 1.54) is 10.9 Å². The van der Waals surface area contributed by atoms with E-state index in [-0.39, 0.29) is 0 Å². The van der Waals surface area contributed by atoms with Crippen LogP contribution in [0.25, 0.3) is 17.0 Å². The fraction of sp³-hybridized carbons (Fsp3) is 0.222. The maximum atomic E-state index is 13.0. The Labute approximate surface area is 143 Å². The molecular formula is C18H17F2N5. The van der Waals surface area contributed by atoms with Crippen molar-refractivity contribution in [2.24, 2.45) is 0 Å². The second-order valence-corrected chi connectivity index (χ2v) is 6.01. The van der Waals surface area contributed by atoms with Crippen molar-refractivity contribution in [3.63, 3.8) is 0 Å². The van der Waals surface area contributed by atoms with Gasteiger partial charge in [0.2, 0.25) is 0 Å². The lowest BCUT2D eigenvalue weighted by Gasteiger charge is -2.16. The number of allylic oxidation sites excluding steroid dienone is 3. The first-order valence-corrected chi connectivity index (χ1v) is 8.02. The summed E-state index contributed by atoms with van der Waals surface area (Å²) in [5.74, 6) is 0. The first kappa shape index (κ1) is 15.6. The van der Waals surface area contributed by atoms with Crippen LogP contribution in [0.3, 0.4) is 0 Å². The Hall–Kier alpha value is -2.96. The highest BCUT2D eigenvalue weighted by Crippen LogP contribution is 2.34. The van der Waals surface area contributed by atoms with Gasteiger partial charge < -0.3 is 15.4 Å². The number of aryl methyl sites for hydroxylation is 1. The van der Waals surface area contributed by atoms with Crippen molar-refractivity contribution >= 4 is 5.57 Å². The predicted octanol–water partition coefficient (Wildman–Crippen LogP) is 3.18. The summed E-state index contributed by atoms with van der Waals surface area (Å²) in [6.45, 7) is 1.51. The highest BCUT2D eigenvalue weighted by molar-refractivity contribution is 5.80. The predicted molar refractivity (Wildman–Crippen MR) is 91.2 cm³/mol. The molecule has 0 saturated carbocycles. The quantitative estimate of drug-likeness (QED) is 0.897. The lowest BCUT2D eigenvalue weighted by molar-refractivity contribution is 0.126. The van der Waals surface area contributed by atoms with Crippen molar-refractivity contribution in [3.8, 4) is 11.4 Å². The number of alkyl halides is 2. The molecule has 0 aromatic carbocycles. The Kier molecular flexibility index (Phi) is 3.83. The zero-order chi connectivity index (χ0) is 17.4. The van der Waals surface area contributed by atoms with Crippen LogP contribution in [0.15, 0.2) is 54.1 Å². The SMILES string of the molecule is Cc1cccc(-c2ncn(CC(F)F)c2C2=CC3=CNNC3=CC2)n1. The van der Waals surface area contributed by atoms with E-state index in [4.69, 9.17) is 0 Å². The maximum Gasteiger partial charge on any atom is 0.256 e. The molecule has 0 saturated heterocycles. The number of hydrogen-bond donors (Lipinski definition) is 2. The zero-order valence-electron chi connectivity index (χ0n) is 13.6. The van der Waals surface area contributed by atoms with Gasteiger partial charge in [0, 0.05) is 17.5 Å². The summed E-state index contributed by atoms with van der Waals surface area (Å²) in [6.07, 6.45) is 5.55. The second kappa shape index (κ2) is 6.16. The van der Waals surface area contributed by atoms with Gasteiger partial charge in [-0.15, -0.1) is 0 Å². The Bertz CT molecular complexity index is 908. The fourth-order valence-corrected chi connectivity index (χ4v) is 3.12. The average molecular weight is 341 g/mol. The van der Waals surface area contributed by atoms with Gasteiger partial charge in [-0.3, -0.25) is 4.98 Å². The van der Waals surface area contributed by atoms with Gasteiger partial charge >= 0.3 is 0 Å². The highest BCUT2D eigenvalue weighted by Gasteiger charge is 2.23. The van der Waals surface area contributed by atoms with Gasteiger partial charge in [-0.2, -0.15) is 0 Å². The normalized spacial score (nSPS) is 15.9. The van der Waals surface area contributed by atoms with Gasteiger partial charge in [0.15, 0.2) is 0 Å². The second-order valence-electron chi connectivity index (χ2n) is 6.01. The van der Waals surface area contributed by atoms with Crippen molar-refractivity contribution in [3.05, 3.63) is 65.5 Å². The van der Waals surface area contributed by atoms with Crippen LogP contribution >= 0.6 is 0 Å². The topological polar surface area (TPSA) is 54.8 Å². The summed E-state index contributed by atoms with van der Waals surface area (Å²) in [4.78, 5) is 8.91. The van der Waals surface area contributed by atoms with E-state index in [0.717, 1.165) is 22.5 Å². The summed E-state index contributed by atoms with van der Waals surface area (Å²) >= 11 is 0. The molecule has 0 radical (unpaired) electrons. The maximum absolute atomic E-state index is 13.0. The van der Waals surface area contributed by atoms with E-state index in [1.807, 2.05) is 43.5 Å². The van der Waals surface area contributed by atoms with Crippen molar-refractivity contribution in [1.82, 2.24) is 25.4 Å². The summed E-state index contributed by atoms with van der Waals surface area (Å²) in [7, 11) is 0. The molecule has 1 aliphatic carbocycles. The van der Waals surface area contributed by atoms with Crippen LogP contribution in [0.4, 0.5) is 8.78 Å². The molecule has 1 aliphatic heterocycles. The number of nitrogens with zero attached hydrogens (tertiary/aromatic N) is 3. The first-order valence-electron chi connectivity index (χ1n) is 8.02. The van der Waals surface area contributed by atoms with Gasteiger partial charge in [0.1, 0.15) is 5.69 Å². The number of aromatic nitrogens is 3. The molecule has 7 heteroatoms. The van der Waals surface area contributed by atoms with Crippen LogP contribution in [0, 0.1) is 6.92 Å². The molecule has 2 N–H and O–H groups in total. The molecule has 2 aliphatic rings. The van der Waals surface area contributed by atoms with Crippen LogP contribution in [-0.2, 0) is 6.54 Å². The molecular weight excluding hydrogens is 324 g/mol. The number of imidazole rings is 1. The lowest BCUT2D eigenvalue weighted by atomic mass is 9.96. The molecule has 5 nitrogen and oxygen atoms in total. The van der Waals surface area contributed by atoms with Crippen molar-refractivity contribution in [2.75, 3.05) is 0 Å².